The molecule has 2 heterocycles. The van der Waals surface area contributed by atoms with Crippen molar-refractivity contribution in [1.29, 1.82) is 0 Å². The molecule has 0 N–H and O–H groups in total. The van der Waals surface area contributed by atoms with Crippen molar-refractivity contribution in [2.24, 2.45) is 0 Å². The van der Waals surface area contributed by atoms with Gasteiger partial charge in [-0.3, -0.25) is 9.69 Å². The highest BCUT2D eigenvalue weighted by Crippen LogP contribution is 2.23. The number of methoxy groups -OCH3 is 1. The number of piperazine rings is 1. The van der Waals surface area contributed by atoms with E-state index in [9.17, 15) is 9.18 Å². The number of thiazole rings is 1. The van der Waals surface area contributed by atoms with E-state index in [1.165, 1.54) is 12.1 Å². The fourth-order valence-electron chi connectivity index (χ4n) is 3.38. The monoisotopic (exact) mass is 411 g/mol. The summed E-state index contributed by atoms with van der Waals surface area (Å²) in [4.78, 5) is 21.6. The molecular weight excluding hydrogens is 389 g/mol. The Balaban J connectivity index is 1.33. The van der Waals surface area contributed by atoms with Crippen LogP contribution in [-0.4, -0.2) is 54.0 Å². The SMILES string of the molecule is COc1cccc(C(=O)N2CCN(Cc3nc(-c4ccc(F)cc4)cs3)CC2)c1. The number of halogens is 1. The highest BCUT2D eigenvalue weighted by atomic mass is 32.1. The number of aromatic nitrogens is 1. The van der Waals surface area contributed by atoms with Crippen LogP contribution >= 0.6 is 11.3 Å². The number of rotatable bonds is 5. The van der Waals surface area contributed by atoms with Crippen LogP contribution in [0.2, 0.25) is 0 Å². The Morgan fingerprint density at radius 3 is 2.62 bits per heavy atom. The quantitative estimate of drug-likeness (QED) is 0.639. The molecule has 0 aliphatic carbocycles. The van der Waals surface area contributed by atoms with Crippen LogP contribution in [0.25, 0.3) is 11.3 Å². The second-order valence-electron chi connectivity index (χ2n) is 6.93. The van der Waals surface area contributed by atoms with Crippen molar-refractivity contribution in [3.63, 3.8) is 0 Å². The summed E-state index contributed by atoms with van der Waals surface area (Å²) in [6.45, 7) is 3.74. The van der Waals surface area contributed by atoms with Crippen LogP contribution in [0, 0.1) is 5.82 Å². The Hall–Kier alpha value is -2.77. The largest absolute Gasteiger partial charge is 0.497 e. The van der Waals surface area contributed by atoms with Gasteiger partial charge >= 0.3 is 0 Å². The first-order chi connectivity index (χ1) is 14.1. The van der Waals surface area contributed by atoms with Crippen molar-refractivity contribution < 1.29 is 13.9 Å². The van der Waals surface area contributed by atoms with Crippen molar-refractivity contribution in [2.45, 2.75) is 6.54 Å². The van der Waals surface area contributed by atoms with Crippen LogP contribution in [0.5, 0.6) is 5.75 Å². The second-order valence-corrected chi connectivity index (χ2v) is 7.88. The van der Waals surface area contributed by atoms with Gasteiger partial charge in [0.15, 0.2) is 0 Å². The molecule has 29 heavy (non-hydrogen) atoms. The van der Waals surface area contributed by atoms with Crippen LogP contribution < -0.4 is 4.74 Å². The lowest BCUT2D eigenvalue weighted by molar-refractivity contribution is 0.0628. The molecule has 150 valence electrons. The molecule has 0 unspecified atom stereocenters. The Kier molecular flexibility index (Phi) is 5.87. The number of ether oxygens (including phenoxy) is 1. The molecular formula is C22H22FN3O2S. The Bertz CT molecular complexity index is 982. The maximum absolute atomic E-state index is 13.1. The average molecular weight is 412 g/mol. The Morgan fingerprint density at radius 1 is 1.14 bits per heavy atom. The summed E-state index contributed by atoms with van der Waals surface area (Å²) < 4.78 is 18.3. The number of nitrogens with zero attached hydrogens (tertiary/aromatic N) is 3. The van der Waals surface area contributed by atoms with Crippen molar-refractivity contribution in [1.82, 2.24) is 14.8 Å². The molecule has 1 fully saturated rings. The van der Waals surface area contributed by atoms with E-state index in [0.29, 0.717) is 24.4 Å². The first kappa shape index (κ1) is 19.5. The minimum atomic E-state index is -0.245. The molecule has 1 aliphatic rings. The fourth-order valence-corrected chi connectivity index (χ4v) is 4.22. The Labute approximate surface area is 173 Å². The van der Waals surface area contributed by atoms with Crippen LogP contribution in [0.1, 0.15) is 15.4 Å². The summed E-state index contributed by atoms with van der Waals surface area (Å²) in [7, 11) is 1.60. The highest BCUT2D eigenvalue weighted by Gasteiger charge is 2.23. The number of hydrogen-bond acceptors (Lipinski definition) is 5. The molecule has 0 radical (unpaired) electrons. The van der Waals surface area contributed by atoms with Crippen molar-refractivity contribution >= 4 is 17.2 Å². The fraction of sp³-hybridized carbons (Fsp3) is 0.273. The van der Waals surface area contributed by atoms with Crippen LogP contribution in [0.4, 0.5) is 4.39 Å². The van der Waals surface area contributed by atoms with E-state index in [2.05, 4.69) is 9.88 Å². The van der Waals surface area contributed by atoms with Gasteiger partial charge in [-0.1, -0.05) is 6.07 Å². The highest BCUT2D eigenvalue weighted by molar-refractivity contribution is 7.09. The summed E-state index contributed by atoms with van der Waals surface area (Å²) in [5.74, 6) is 0.483. The molecule has 0 atom stereocenters. The number of benzene rings is 2. The molecule has 0 bridgehead atoms. The van der Waals surface area contributed by atoms with Gasteiger partial charge in [-0.05, 0) is 42.5 Å². The third-order valence-electron chi connectivity index (χ3n) is 5.03. The molecule has 1 aliphatic heterocycles. The first-order valence-electron chi connectivity index (χ1n) is 9.48. The standard InChI is InChI=1S/C22H22FN3O2S/c1-28-19-4-2-3-17(13-19)22(27)26-11-9-25(10-12-26)14-21-24-20(15-29-21)16-5-7-18(23)8-6-16/h2-8,13,15H,9-12,14H2,1H3. The third kappa shape index (κ3) is 4.63. The van der Waals surface area contributed by atoms with Gasteiger partial charge in [0.2, 0.25) is 0 Å². The first-order valence-corrected chi connectivity index (χ1v) is 10.4. The topological polar surface area (TPSA) is 45.7 Å². The zero-order valence-corrected chi connectivity index (χ0v) is 17.0. The average Bonchev–Trinajstić information content (AvgIpc) is 3.23. The number of carbonyl (C=O) groups excluding carboxylic acids is 1. The predicted molar refractivity (Wildman–Crippen MR) is 112 cm³/mol. The van der Waals surface area contributed by atoms with E-state index in [-0.39, 0.29) is 11.7 Å². The molecule has 1 aromatic heterocycles. The van der Waals surface area contributed by atoms with E-state index in [4.69, 9.17) is 4.74 Å². The van der Waals surface area contributed by atoms with Crippen LogP contribution in [0.15, 0.2) is 53.9 Å². The predicted octanol–water partition coefficient (Wildman–Crippen LogP) is 3.92. The zero-order valence-electron chi connectivity index (χ0n) is 16.2. The lowest BCUT2D eigenvalue weighted by Gasteiger charge is -2.34. The van der Waals surface area contributed by atoms with Gasteiger partial charge in [-0.2, -0.15) is 0 Å². The lowest BCUT2D eigenvalue weighted by Crippen LogP contribution is -2.48. The summed E-state index contributed by atoms with van der Waals surface area (Å²) in [5.41, 5.74) is 2.45. The molecule has 3 aromatic rings. The molecule has 5 nitrogen and oxygen atoms in total. The van der Waals surface area contributed by atoms with Gasteiger partial charge in [-0.25, -0.2) is 9.37 Å². The number of carbonyl (C=O) groups is 1. The van der Waals surface area contributed by atoms with E-state index in [1.807, 2.05) is 28.5 Å². The molecule has 7 heteroatoms. The smallest absolute Gasteiger partial charge is 0.254 e. The summed E-state index contributed by atoms with van der Waals surface area (Å²) in [6.07, 6.45) is 0. The van der Waals surface area contributed by atoms with E-state index in [0.717, 1.165) is 35.9 Å². The molecule has 0 saturated carbocycles. The van der Waals surface area contributed by atoms with Crippen LogP contribution in [0.3, 0.4) is 0 Å². The van der Waals surface area contributed by atoms with Crippen molar-refractivity contribution in [2.75, 3.05) is 33.3 Å². The lowest BCUT2D eigenvalue weighted by atomic mass is 10.1. The van der Waals surface area contributed by atoms with Crippen molar-refractivity contribution in [3.8, 4) is 17.0 Å². The summed E-state index contributed by atoms with van der Waals surface area (Å²) in [5, 5.41) is 3.03. The van der Waals surface area contributed by atoms with Crippen LogP contribution in [-0.2, 0) is 6.54 Å². The Morgan fingerprint density at radius 2 is 1.90 bits per heavy atom. The van der Waals surface area contributed by atoms with Gasteiger partial charge in [0.25, 0.3) is 5.91 Å². The van der Waals surface area contributed by atoms with E-state index >= 15 is 0 Å². The maximum atomic E-state index is 13.1. The zero-order chi connectivity index (χ0) is 20.2. The number of hydrogen-bond donors (Lipinski definition) is 0. The molecule has 4 rings (SSSR count). The summed E-state index contributed by atoms with van der Waals surface area (Å²) in [6, 6.07) is 13.7. The van der Waals surface area contributed by atoms with E-state index < -0.39 is 0 Å². The van der Waals surface area contributed by atoms with Gasteiger partial charge in [0.05, 0.1) is 19.3 Å². The van der Waals surface area contributed by atoms with Crippen molar-refractivity contribution in [3.05, 3.63) is 70.3 Å². The second kappa shape index (κ2) is 8.71. The molecule has 0 spiro atoms. The van der Waals surface area contributed by atoms with Gasteiger partial charge in [-0.15, -0.1) is 11.3 Å². The minimum absolute atomic E-state index is 0.0383. The normalized spacial score (nSPS) is 14.8. The molecule has 1 amide bonds. The molecule has 1 saturated heterocycles. The van der Waals surface area contributed by atoms with E-state index in [1.54, 1.807) is 36.6 Å². The molecule has 2 aromatic carbocycles. The third-order valence-corrected chi connectivity index (χ3v) is 5.86. The van der Waals surface area contributed by atoms with Gasteiger partial charge in [0.1, 0.15) is 16.6 Å². The minimum Gasteiger partial charge on any atom is -0.497 e. The number of amides is 1. The maximum Gasteiger partial charge on any atom is 0.254 e. The summed E-state index contributed by atoms with van der Waals surface area (Å²) >= 11 is 1.61. The van der Waals surface area contributed by atoms with Gasteiger partial charge in [0, 0.05) is 42.7 Å². The van der Waals surface area contributed by atoms with Gasteiger partial charge < -0.3 is 9.64 Å².